The topological polar surface area (TPSA) is 75.4 Å². The van der Waals surface area contributed by atoms with E-state index in [1.165, 1.54) is 12.1 Å². The first-order valence-electron chi connectivity index (χ1n) is 11.6. The number of primary amides is 1. The second-order valence-corrected chi connectivity index (χ2v) is 9.08. The molecule has 0 radical (unpaired) electrons. The summed E-state index contributed by atoms with van der Waals surface area (Å²) in [6.45, 7) is 2.89. The number of rotatable bonds is 7. The van der Waals surface area contributed by atoms with Gasteiger partial charge >= 0.3 is 18.0 Å². The molecule has 3 aromatic carbocycles. The fraction of sp³-hybridized carbons (Fsp3) is 0.259. The molecule has 0 aliphatic heterocycles. The Balaban J connectivity index is 2.14. The predicted octanol–water partition coefficient (Wildman–Crippen LogP) is 6.92. The molecule has 0 atom stereocenters. The lowest BCUT2D eigenvalue weighted by Crippen LogP contribution is -2.50. The first kappa shape index (κ1) is 30.4. The molecule has 0 heterocycles. The van der Waals surface area contributed by atoms with Crippen molar-refractivity contribution in [3.8, 4) is 0 Å². The van der Waals surface area contributed by atoms with Gasteiger partial charge in [-0.1, -0.05) is 36.4 Å². The molecular weight excluding hydrogens is 550 g/mol. The van der Waals surface area contributed by atoms with Gasteiger partial charge in [-0.15, -0.1) is 0 Å². The van der Waals surface area contributed by atoms with Gasteiger partial charge < -0.3 is 11.1 Å². The van der Waals surface area contributed by atoms with Crippen molar-refractivity contribution in [2.75, 3.05) is 16.8 Å². The van der Waals surface area contributed by atoms with E-state index in [0.717, 1.165) is 25.5 Å². The van der Waals surface area contributed by atoms with Gasteiger partial charge in [0, 0.05) is 11.3 Å². The third kappa shape index (κ3) is 5.58. The molecule has 3 N–H and O–H groups in total. The van der Waals surface area contributed by atoms with Crippen LogP contribution in [0, 0.1) is 26.6 Å². The zero-order valence-electron chi connectivity index (χ0n) is 21.3. The number of nitrogens with one attached hydrogen (secondary N) is 1. The lowest BCUT2D eigenvalue weighted by Gasteiger charge is -2.32. The molecule has 0 spiro atoms. The Bertz CT molecular complexity index is 1410. The number of amides is 2. The maximum Gasteiger partial charge on any atom is 0.435 e. The van der Waals surface area contributed by atoms with E-state index in [-0.39, 0.29) is 23.5 Å². The number of halogens is 8. The molecular formula is C27H23F8N3O2. The van der Waals surface area contributed by atoms with E-state index in [1.54, 1.807) is 31.2 Å². The van der Waals surface area contributed by atoms with Crippen LogP contribution in [0.1, 0.15) is 32.6 Å². The summed E-state index contributed by atoms with van der Waals surface area (Å²) in [5, 5.41) is 2.84. The Morgan fingerprint density at radius 3 is 1.82 bits per heavy atom. The van der Waals surface area contributed by atoms with Gasteiger partial charge in [-0.05, 0) is 55.7 Å². The molecule has 40 heavy (non-hydrogen) atoms. The lowest BCUT2D eigenvalue weighted by atomic mass is 9.90. The second kappa shape index (κ2) is 10.8. The average Bonchev–Trinajstić information content (AvgIpc) is 2.83. The van der Waals surface area contributed by atoms with Crippen LogP contribution >= 0.6 is 0 Å². The first-order chi connectivity index (χ1) is 18.4. The van der Waals surface area contributed by atoms with Gasteiger partial charge in [-0.3, -0.25) is 14.5 Å². The van der Waals surface area contributed by atoms with Crippen LogP contribution in [-0.4, -0.2) is 30.7 Å². The van der Waals surface area contributed by atoms with Crippen molar-refractivity contribution < 1.29 is 44.7 Å². The fourth-order valence-corrected chi connectivity index (χ4v) is 4.27. The maximum atomic E-state index is 15.5. The highest BCUT2D eigenvalue weighted by molar-refractivity contribution is 6.10. The van der Waals surface area contributed by atoms with Crippen LogP contribution < -0.4 is 16.0 Å². The van der Waals surface area contributed by atoms with Crippen molar-refractivity contribution in [1.82, 2.24) is 0 Å². The number of carbonyl (C=O) groups is 2. The summed E-state index contributed by atoms with van der Waals surface area (Å²) >= 11 is 0. The number of para-hydroxylation sites is 1. The number of carbonyl (C=O) groups excluding carboxylic acids is 2. The van der Waals surface area contributed by atoms with Crippen molar-refractivity contribution in [1.29, 1.82) is 0 Å². The Hall–Kier alpha value is -4.16. The number of nitrogens with zero attached hydrogens (tertiary/aromatic N) is 1. The van der Waals surface area contributed by atoms with Crippen molar-refractivity contribution >= 4 is 28.9 Å². The molecule has 0 saturated heterocycles. The Morgan fingerprint density at radius 1 is 0.800 bits per heavy atom. The van der Waals surface area contributed by atoms with Crippen molar-refractivity contribution in [2.45, 2.75) is 38.8 Å². The molecule has 214 valence electrons. The molecule has 2 amide bonds. The molecule has 0 fully saturated rings. The third-order valence-corrected chi connectivity index (χ3v) is 6.14. The molecule has 0 aliphatic carbocycles. The Morgan fingerprint density at radius 2 is 1.32 bits per heavy atom. The van der Waals surface area contributed by atoms with Crippen molar-refractivity contribution in [3.05, 3.63) is 88.2 Å². The van der Waals surface area contributed by atoms with Gasteiger partial charge in [-0.25, -0.2) is 8.78 Å². The molecule has 0 unspecified atom stereocenters. The maximum absolute atomic E-state index is 15.5. The van der Waals surface area contributed by atoms with Gasteiger partial charge in [-0.2, -0.15) is 26.3 Å². The van der Waals surface area contributed by atoms with E-state index in [9.17, 15) is 40.3 Å². The van der Waals surface area contributed by atoms with Crippen molar-refractivity contribution in [3.63, 3.8) is 0 Å². The van der Waals surface area contributed by atoms with Gasteiger partial charge in [0.05, 0.1) is 16.9 Å². The Kier molecular flexibility index (Phi) is 8.19. The van der Waals surface area contributed by atoms with Crippen LogP contribution in [-0.2, 0) is 10.5 Å². The summed E-state index contributed by atoms with van der Waals surface area (Å²) in [4.78, 5) is 25.9. The lowest BCUT2D eigenvalue weighted by molar-refractivity contribution is -0.348. The van der Waals surface area contributed by atoms with E-state index >= 15 is 4.39 Å². The number of benzene rings is 3. The van der Waals surface area contributed by atoms with E-state index in [0.29, 0.717) is 10.6 Å². The summed E-state index contributed by atoms with van der Waals surface area (Å²) in [6, 6.07) is 11.1. The van der Waals surface area contributed by atoms with Gasteiger partial charge in [0.15, 0.2) is 5.82 Å². The Labute approximate surface area is 223 Å². The minimum Gasteiger partial charge on any atom is -0.368 e. The monoisotopic (exact) mass is 573 g/mol. The van der Waals surface area contributed by atoms with Gasteiger partial charge in [0.25, 0.3) is 5.91 Å². The van der Waals surface area contributed by atoms with Crippen LogP contribution in [0.4, 0.5) is 52.2 Å². The molecule has 3 aromatic rings. The number of alkyl halides is 7. The molecule has 5 nitrogen and oxygen atoms in total. The number of nitrogens with two attached hydrogens (primary N) is 1. The second-order valence-electron chi connectivity index (χ2n) is 9.08. The quantitative estimate of drug-likeness (QED) is 0.302. The van der Waals surface area contributed by atoms with Crippen LogP contribution in [0.25, 0.3) is 0 Å². The fourth-order valence-electron chi connectivity index (χ4n) is 4.27. The van der Waals surface area contributed by atoms with Crippen molar-refractivity contribution in [2.24, 2.45) is 5.73 Å². The molecule has 0 bridgehead atoms. The highest BCUT2D eigenvalue weighted by Crippen LogP contribution is 2.54. The summed E-state index contributed by atoms with van der Waals surface area (Å²) in [5.41, 5.74) is -2.84. The van der Waals surface area contributed by atoms with E-state index in [4.69, 9.17) is 5.73 Å². The van der Waals surface area contributed by atoms with Crippen LogP contribution in [0.2, 0.25) is 0 Å². The predicted molar refractivity (Wildman–Crippen MR) is 133 cm³/mol. The standard InChI is InChI=1S/C27H23F8N3O2/c1-14-7-4-5-9-19(14)37-20-10-6-8-18(22(20)28)24(40)38(13-21(36)39)23-15(2)11-17(12-16(23)3)25(29,26(30,31)32)27(33,34)35/h4-12,37H,13H2,1-3H3,(H2,36,39). The molecule has 0 aromatic heterocycles. The number of hydrogen-bond donors (Lipinski definition) is 2. The molecule has 0 saturated carbocycles. The van der Waals surface area contributed by atoms with Gasteiger partial charge in [0.1, 0.15) is 6.54 Å². The highest BCUT2D eigenvalue weighted by Gasteiger charge is 2.73. The summed E-state index contributed by atoms with van der Waals surface area (Å²) in [5.74, 6) is -3.33. The molecule has 0 aliphatic rings. The van der Waals surface area contributed by atoms with Crippen LogP contribution in [0.5, 0.6) is 0 Å². The minimum atomic E-state index is -6.36. The SMILES string of the molecule is Cc1ccccc1Nc1cccc(C(=O)N(CC(N)=O)c2c(C)cc(C(F)(C(F)(F)F)C(F)(F)F)cc2C)c1F. The zero-order valence-corrected chi connectivity index (χ0v) is 21.3. The number of aryl methyl sites for hydroxylation is 3. The summed E-state index contributed by atoms with van der Waals surface area (Å²) in [7, 11) is 0. The van der Waals surface area contributed by atoms with E-state index in [1.807, 2.05) is 0 Å². The average molecular weight is 573 g/mol. The smallest absolute Gasteiger partial charge is 0.368 e. The first-order valence-corrected chi connectivity index (χ1v) is 11.6. The molecule has 13 heteroatoms. The van der Waals surface area contributed by atoms with E-state index in [2.05, 4.69) is 5.32 Å². The molecule has 3 rings (SSSR count). The van der Waals surface area contributed by atoms with Gasteiger partial charge in [0.2, 0.25) is 5.91 Å². The highest BCUT2D eigenvalue weighted by atomic mass is 19.4. The summed E-state index contributed by atoms with van der Waals surface area (Å²) < 4.78 is 110. The summed E-state index contributed by atoms with van der Waals surface area (Å²) in [6.07, 6.45) is -12.7. The zero-order chi connectivity index (χ0) is 30.2. The minimum absolute atomic E-state index is 0.125. The number of anilines is 3. The number of hydrogen-bond acceptors (Lipinski definition) is 3. The van der Waals surface area contributed by atoms with Crippen LogP contribution in [0.3, 0.4) is 0 Å². The van der Waals surface area contributed by atoms with Crippen LogP contribution in [0.15, 0.2) is 54.6 Å². The third-order valence-electron chi connectivity index (χ3n) is 6.14. The normalized spacial score (nSPS) is 12.3. The van der Waals surface area contributed by atoms with E-state index < -0.39 is 64.5 Å². The largest absolute Gasteiger partial charge is 0.435 e.